The van der Waals surface area contributed by atoms with Gasteiger partial charge >= 0.3 is 0 Å². The minimum absolute atomic E-state index is 0.0129. The molecule has 2 amide bonds. The van der Waals surface area contributed by atoms with Gasteiger partial charge in [-0.15, -0.1) is 11.3 Å². The number of nitrogens with zero attached hydrogens (tertiary/aromatic N) is 2. The molecule has 0 saturated carbocycles. The lowest BCUT2D eigenvalue weighted by Crippen LogP contribution is -2.58. The summed E-state index contributed by atoms with van der Waals surface area (Å²) < 4.78 is 0. The monoisotopic (exact) mass is 268 g/mol. The molecule has 1 aliphatic rings. The molecule has 0 spiro atoms. The molecule has 0 bridgehead atoms. The third kappa shape index (κ3) is 3.05. The summed E-state index contributed by atoms with van der Waals surface area (Å²) in [6.45, 7) is 3.04. The third-order valence-electron chi connectivity index (χ3n) is 2.75. The number of piperazine rings is 1. The molecule has 1 atom stereocenters. The van der Waals surface area contributed by atoms with Gasteiger partial charge in [-0.2, -0.15) is 0 Å². The van der Waals surface area contributed by atoms with E-state index in [0.717, 1.165) is 9.88 Å². The van der Waals surface area contributed by atoms with Crippen LogP contribution in [-0.2, 0) is 16.1 Å². The predicted octanol–water partition coefficient (Wildman–Crippen LogP) is -0.502. The summed E-state index contributed by atoms with van der Waals surface area (Å²) in [6.07, 6.45) is 1.79. The van der Waals surface area contributed by atoms with E-state index in [1.54, 1.807) is 29.5 Å². The first-order valence-corrected chi connectivity index (χ1v) is 6.54. The molecule has 0 aromatic carbocycles. The average Bonchev–Trinajstić information content (AvgIpc) is 2.75. The fourth-order valence-electron chi connectivity index (χ4n) is 1.80. The van der Waals surface area contributed by atoms with Crippen molar-refractivity contribution in [2.24, 2.45) is 0 Å². The van der Waals surface area contributed by atoms with Gasteiger partial charge in [-0.25, -0.2) is 4.98 Å². The minimum Gasteiger partial charge on any atom is -0.353 e. The first-order chi connectivity index (χ1) is 8.56. The molecule has 2 N–H and O–H groups in total. The highest BCUT2D eigenvalue weighted by molar-refractivity contribution is 7.11. The summed E-state index contributed by atoms with van der Waals surface area (Å²) in [5.74, 6) is -0.0826. The van der Waals surface area contributed by atoms with E-state index in [9.17, 15) is 9.59 Å². The fourth-order valence-corrected chi connectivity index (χ4v) is 2.65. The zero-order chi connectivity index (χ0) is 13.1. The Morgan fingerprint density at radius 3 is 3.00 bits per heavy atom. The molecular weight excluding hydrogens is 252 g/mol. The number of rotatable bonds is 3. The lowest BCUT2D eigenvalue weighted by atomic mass is 10.2. The van der Waals surface area contributed by atoms with E-state index < -0.39 is 0 Å². The van der Waals surface area contributed by atoms with Crippen LogP contribution in [0.3, 0.4) is 0 Å². The number of amides is 2. The van der Waals surface area contributed by atoms with Crippen molar-refractivity contribution < 1.29 is 9.59 Å². The normalized spacial score (nSPS) is 19.4. The molecule has 1 aromatic heterocycles. The van der Waals surface area contributed by atoms with Crippen molar-refractivity contribution in [3.8, 4) is 0 Å². The number of nitrogens with one attached hydrogen (secondary N) is 2. The smallest absolute Gasteiger partial charge is 0.241 e. The summed E-state index contributed by atoms with van der Waals surface area (Å²) in [7, 11) is 1.76. The number of carbonyl (C=O) groups excluding carboxylic acids is 2. The van der Waals surface area contributed by atoms with E-state index in [4.69, 9.17) is 0 Å². The van der Waals surface area contributed by atoms with E-state index in [-0.39, 0.29) is 24.4 Å². The molecule has 7 heteroatoms. The molecule has 0 radical (unpaired) electrons. The maximum atomic E-state index is 12.1. The van der Waals surface area contributed by atoms with Crippen molar-refractivity contribution in [3.63, 3.8) is 0 Å². The van der Waals surface area contributed by atoms with Gasteiger partial charge in [0.15, 0.2) is 0 Å². The highest BCUT2D eigenvalue weighted by atomic mass is 32.1. The average molecular weight is 268 g/mol. The second-order valence-corrected chi connectivity index (χ2v) is 5.60. The molecule has 1 unspecified atom stereocenters. The Hall–Kier alpha value is -1.47. The van der Waals surface area contributed by atoms with Crippen molar-refractivity contribution in [2.75, 3.05) is 20.1 Å². The van der Waals surface area contributed by atoms with E-state index in [0.29, 0.717) is 13.1 Å². The molecule has 2 rings (SSSR count). The zero-order valence-corrected chi connectivity index (χ0v) is 11.2. The Labute approximate surface area is 109 Å². The molecule has 2 heterocycles. The molecule has 6 nitrogen and oxygen atoms in total. The van der Waals surface area contributed by atoms with E-state index in [2.05, 4.69) is 15.6 Å². The van der Waals surface area contributed by atoms with E-state index in [1.165, 1.54) is 0 Å². The number of thiazole rings is 1. The van der Waals surface area contributed by atoms with Gasteiger partial charge < -0.3 is 10.2 Å². The highest BCUT2D eigenvalue weighted by Gasteiger charge is 2.26. The summed E-state index contributed by atoms with van der Waals surface area (Å²) in [5, 5.41) is 6.60. The van der Waals surface area contributed by atoms with Crippen molar-refractivity contribution in [1.29, 1.82) is 0 Å². The van der Waals surface area contributed by atoms with Crippen molar-refractivity contribution in [2.45, 2.75) is 19.5 Å². The molecule has 1 saturated heterocycles. The maximum Gasteiger partial charge on any atom is 0.241 e. The van der Waals surface area contributed by atoms with E-state index >= 15 is 0 Å². The molecular formula is C11H16N4O2S. The van der Waals surface area contributed by atoms with Gasteiger partial charge in [0.1, 0.15) is 6.04 Å². The van der Waals surface area contributed by atoms with Gasteiger partial charge in [-0.1, -0.05) is 0 Å². The van der Waals surface area contributed by atoms with E-state index in [1.807, 2.05) is 6.92 Å². The summed E-state index contributed by atoms with van der Waals surface area (Å²) in [6, 6.07) is -0.332. The van der Waals surface area contributed by atoms with Crippen LogP contribution < -0.4 is 10.6 Å². The molecule has 98 valence electrons. The van der Waals surface area contributed by atoms with Crippen LogP contribution >= 0.6 is 11.3 Å². The van der Waals surface area contributed by atoms with Crippen LogP contribution in [-0.4, -0.2) is 47.9 Å². The largest absolute Gasteiger partial charge is 0.353 e. The SMILES string of the molecule is Cc1ncc(CN(C)C(=O)C2CNC(=O)CN2)s1. The third-order valence-corrected chi connectivity index (χ3v) is 3.65. The Morgan fingerprint density at radius 1 is 1.67 bits per heavy atom. The van der Waals surface area contributed by atoms with Gasteiger partial charge in [0.25, 0.3) is 0 Å². The molecule has 1 aromatic rings. The highest BCUT2D eigenvalue weighted by Crippen LogP contribution is 2.13. The first-order valence-electron chi connectivity index (χ1n) is 5.72. The van der Waals surface area contributed by atoms with Crippen LogP contribution in [0.15, 0.2) is 6.20 Å². The van der Waals surface area contributed by atoms with Crippen molar-refractivity contribution in [1.82, 2.24) is 20.5 Å². The van der Waals surface area contributed by atoms with Gasteiger partial charge in [-0.05, 0) is 6.92 Å². The topological polar surface area (TPSA) is 74.3 Å². The quantitative estimate of drug-likeness (QED) is 0.775. The standard InChI is InChI=1S/C11H16N4O2S/c1-7-12-3-8(18-7)6-15(2)11(17)9-4-14-10(16)5-13-9/h3,9,13H,4-6H2,1-2H3,(H,14,16). The maximum absolute atomic E-state index is 12.1. The summed E-state index contributed by atoms with van der Waals surface area (Å²) >= 11 is 1.59. The van der Waals surface area contributed by atoms with Crippen LogP contribution in [0.1, 0.15) is 9.88 Å². The molecule has 18 heavy (non-hydrogen) atoms. The number of aryl methyl sites for hydroxylation is 1. The Balaban J connectivity index is 1.90. The number of hydrogen-bond acceptors (Lipinski definition) is 5. The van der Waals surface area contributed by atoms with Crippen molar-refractivity contribution >= 4 is 23.2 Å². The second-order valence-electron chi connectivity index (χ2n) is 4.28. The molecule has 1 aliphatic heterocycles. The van der Waals surface area contributed by atoms with Crippen molar-refractivity contribution in [3.05, 3.63) is 16.1 Å². The van der Waals surface area contributed by atoms with Crippen LogP contribution in [0.5, 0.6) is 0 Å². The Kier molecular flexibility index (Phi) is 3.93. The number of likely N-dealkylation sites (N-methyl/N-ethyl adjacent to an activating group) is 1. The lowest BCUT2D eigenvalue weighted by Gasteiger charge is -2.27. The first kappa shape index (κ1) is 13.0. The summed E-state index contributed by atoms with van der Waals surface area (Å²) in [4.78, 5) is 30.0. The fraction of sp³-hybridized carbons (Fsp3) is 0.545. The predicted molar refractivity (Wildman–Crippen MR) is 68.1 cm³/mol. The number of hydrogen-bond donors (Lipinski definition) is 2. The molecule has 0 aliphatic carbocycles. The minimum atomic E-state index is -0.332. The zero-order valence-electron chi connectivity index (χ0n) is 10.4. The summed E-state index contributed by atoms with van der Waals surface area (Å²) in [5.41, 5.74) is 0. The Bertz CT molecular complexity index is 450. The van der Waals surface area contributed by atoms with Gasteiger partial charge in [0, 0.05) is 24.7 Å². The van der Waals surface area contributed by atoms with Crippen LogP contribution in [0.2, 0.25) is 0 Å². The van der Waals surface area contributed by atoms with Crippen LogP contribution in [0, 0.1) is 6.92 Å². The van der Waals surface area contributed by atoms with Crippen LogP contribution in [0.25, 0.3) is 0 Å². The number of aromatic nitrogens is 1. The van der Waals surface area contributed by atoms with Gasteiger partial charge in [-0.3, -0.25) is 14.9 Å². The lowest BCUT2D eigenvalue weighted by molar-refractivity contribution is -0.134. The van der Waals surface area contributed by atoms with Gasteiger partial charge in [0.05, 0.1) is 18.1 Å². The van der Waals surface area contributed by atoms with Gasteiger partial charge in [0.2, 0.25) is 11.8 Å². The van der Waals surface area contributed by atoms with Crippen LogP contribution in [0.4, 0.5) is 0 Å². The molecule has 1 fully saturated rings. The Morgan fingerprint density at radius 2 is 2.44 bits per heavy atom. The second kappa shape index (κ2) is 5.45. The number of carbonyl (C=O) groups is 2.